The fraction of sp³-hybridized carbons (Fsp3) is 0.556. The molecule has 0 amide bonds. The number of hydrogen-bond acceptors (Lipinski definition) is 3. The molecule has 80 valence electrons. The third-order valence-corrected chi connectivity index (χ3v) is 2.30. The van der Waals surface area contributed by atoms with Crippen molar-refractivity contribution in [2.24, 2.45) is 0 Å². The molecular weight excluding hydrogens is 221 g/mol. The highest BCUT2D eigenvalue weighted by atomic mass is 35.5. The molecule has 0 aliphatic carbocycles. The highest BCUT2D eigenvalue weighted by Crippen LogP contribution is 2.19. The first-order chi connectivity index (χ1) is 5.97. The van der Waals surface area contributed by atoms with E-state index in [1.165, 1.54) is 12.8 Å². The summed E-state index contributed by atoms with van der Waals surface area (Å²) in [7, 11) is 0. The van der Waals surface area contributed by atoms with Gasteiger partial charge in [-0.25, -0.2) is 0 Å². The minimum atomic E-state index is 0. The average molecular weight is 236 g/mol. The fourth-order valence-corrected chi connectivity index (χ4v) is 1.63. The molecule has 0 aromatic carbocycles. The average Bonchev–Trinajstić information content (AvgIpc) is 2.21. The molecule has 2 heterocycles. The van der Waals surface area contributed by atoms with Crippen LogP contribution < -0.4 is 5.32 Å². The molecule has 5 heteroatoms. The fourth-order valence-electron chi connectivity index (χ4n) is 1.63. The van der Waals surface area contributed by atoms with E-state index in [9.17, 15) is 0 Å². The molecule has 0 radical (unpaired) electrons. The Morgan fingerprint density at radius 1 is 1.29 bits per heavy atom. The van der Waals surface area contributed by atoms with E-state index in [1.807, 2.05) is 6.20 Å². The minimum Gasteiger partial charge on any atom is -0.316 e. The third kappa shape index (κ3) is 3.40. The van der Waals surface area contributed by atoms with Gasteiger partial charge in [-0.2, -0.15) is 0 Å². The highest BCUT2D eigenvalue weighted by Gasteiger charge is 2.15. The lowest BCUT2D eigenvalue weighted by Crippen LogP contribution is -2.28. The molecule has 14 heavy (non-hydrogen) atoms. The lowest BCUT2D eigenvalue weighted by molar-refractivity contribution is 0.453. The summed E-state index contributed by atoms with van der Waals surface area (Å²) >= 11 is 0. The van der Waals surface area contributed by atoms with Crippen molar-refractivity contribution in [3.8, 4) is 0 Å². The van der Waals surface area contributed by atoms with Crippen LogP contribution in [0.4, 0.5) is 0 Å². The van der Waals surface area contributed by atoms with E-state index in [0.717, 1.165) is 18.8 Å². The van der Waals surface area contributed by atoms with E-state index in [2.05, 4.69) is 15.3 Å². The molecule has 1 aliphatic rings. The monoisotopic (exact) mass is 235 g/mol. The molecule has 1 aromatic heterocycles. The molecule has 1 atom stereocenters. The van der Waals surface area contributed by atoms with E-state index < -0.39 is 0 Å². The van der Waals surface area contributed by atoms with Crippen LogP contribution in [-0.4, -0.2) is 23.1 Å². The summed E-state index contributed by atoms with van der Waals surface area (Å²) in [6, 6.07) is 0. The normalized spacial score (nSPS) is 20.4. The van der Waals surface area contributed by atoms with Gasteiger partial charge in [0, 0.05) is 31.1 Å². The highest BCUT2D eigenvalue weighted by molar-refractivity contribution is 5.85. The Morgan fingerprint density at radius 2 is 2.14 bits per heavy atom. The van der Waals surface area contributed by atoms with Gasteiger partial charge >= 0.3 is 0 Å². The second-order valence-electron chi connectivity index (χ2n) is 3.17. The molecule has 0 unspecified atom stereocenters. The van der Waals surface area contributed by atoms with Gasteiger partial charge < -0.3 is 5.32 Å². The standard InChI is InChI=1S/C9H13N3.2ClH/c1-2-8(6-10-3-1)9-7-11-4-5-12-9;;/h4-5,7-8,10H,1-3,6H2;2*1H/t8-;;/m1../s1. The number of nitrogens with one attached hydrogen (secondary N) is 1. The summed E-state index contributed by atoms with van der Waals surface area (Å²) in [4.78, 5) is 8.37. The van der Waals surface area contributed by atoms with Crippen molar-refractivity contribution in [3.63, 3.8) is 0 Å². The number of hydrogen-bond donors (Lipinski definition) is 1. The molecule has 2 rings (SSSR count). The van der Waals surface area contributed by atoms with E-state index in [4.69, 9.17) is 0 Å². The van der Waals surface area contributed by atoms with Gasteiger partial charge in [0.25, 0.3) is 0 Å². The van der Waals surface area contributed by atoms with Crippen LogP contribution in [-0.2, 0) is 0 Å². The van der Waals surface area contributed by atoms with Crippen LogP contribution in [0.1, 0.15) is 24.5 Å². The molecule has 1 fully saturated rings. The molecular formula is C9H15Cl2N3. The number of rotatable bonds is 1. The van der Waals surface area contributed by atoms with E-state index >= 15 is 0 Å². The second kappa shape index (κ2) is 6.98. The summed E-state index contributed by atoms with van der Waals surface area (Å²) < 4.78 is 0. The summed E-state index contributed by atoms with van der Waals surface area (Å²) in [6.45, 7) is 2.20. The van der Waals surface area contributed by atoms with E-state index in [0.29, 0.717) is 5.92 Å². The van der Waals surface area contributed by atoms with Crippen molar-refractivity contribution in [3.05, 3.63) is 24.3 Å². The van der Waals surface area contributed by atoms with Crippen LogP contribution in [0.25, 0.3) is 0 Å². The van der Waals surface area contributed by atoms with Gasteiger partial charge in [-0.1, -0.05) is 0 Å². The Kier molecular flexibility index (Phi) is 6.79. The maximum absolute atomic E-state index is 4.30. The van der Waals surface area contributed by atoms with Crippen LogP contribution in [0, 0.1) is 0 Å². The van der Waals surface area contributed by atoms with Crippen molar-refractivity contribution >= 4 is 24.8 Å². The molecule has 3 nitrogen and oxygen atoms in total. The summed E-state index contributed by atoms with van der Waals surface area (Å²) in [6.07, 6.45) is 7.86. The van der Waals surface area contributed by atoms with Gasteiger partial charge in [0.1, 0.15) is 0 Å². The topological polar surface area (TPSA) is 37.8 Å². The molecule has 1 aliphatic heterocycles. The predicted octanol–water partition coefficient (Wildman–Crippen LogP) is 1.79. The lowest BCUT2D eigenvalue weighted by atomic mass is 9.97. The third-order valence-electron chi connectivity index (χ3n) is 2.30. The molecule has 1 N–H and O–H groups in total. The maximum Gasteiger partial charge on any atom is 0.0630 e. The zero-order valence-electron chi connectivity index (χ0n) is 7.85. The molecule has 0 saturated carbocycles. The first-order valence-corrected chi connectivity index (χ1v) is 4.43. The van der Waals surface area contributed by atoms with Crippen LogP contribution in [0.15, 0.2) is 18.6 Å². The van der Waals surface area contributed by atoms with E-state index in [1.54, 1.807) is 12.4 Å². The Bertz CT molecular complexity index is 237. The van der Waals surface area contributed by atoms with Gasteiger partial charge in [0.05, 0.1) is 5.69 Å². The van der Waals surface area contributed by atoms with Crippen LogP contribution in [0.5, 0.6) is 0 Å². The summed E-state index contributed by atoms with van der Waals surface area (Å²) in [5.74, 6) is 0.576. The smallest absolute Gasteiger partial charge is 0.0630 e. The van der Waals surface area contributed by atoms with Gasteiger partial charge in [-0.15, -0.1) is 24.8 Å². The maximum atomic E-state index is 4.30. The van der Waals surface area contributed by atoms with Gasteiger partial charge in [-0.05, 0) is 19.4 Å². The van der Waals surface area contributed by atoms with Crippen LogP contribution >= 0.6 is 24.8 Å². The second-order valence-corrected chi connectivity index (χ2v) is 3.17. The lowest BCUT2D eigenvalue weighted by Gasteiger charge is -2.21. The minimum absolute atomic E-state index is 0. The number of nitrogens with zero attached hydrogens (tertiary/aromatic N) is 2. The molecule has 0 spiro atoms. The number of aromatic nitrogens is 2. The summed E-state index contributed by atoms with van der Waals surface area (Å²) in [5, 5.41) is 3.37. The van der Waals surface area contributed by atoms with Crippen molar-refractivity contribution in [2.75, 3.05) is 13.1 Å². The largest absolute Gasteiger partial charge is 0.316 e. The van der Waals surface area contributed by atoms with Gasteiger partial charge in [0.2, 0.25) is 0 Å². The first kappa shape index (κ1) is 13.6. The molecule has 0 bridgehead atoms. The van der Waals surface area contributed by atoms with Gasteiger partial charge in [-0.3, -0.25) is 9.97 Å². The summed E-state index contributed by atoms with van der Waals surface area (Å²) in [5.41, 5.74) is 1.13. The Labute approximate surface area is 96.5 Å². The van der Waals surface area contributed by atoms with Gasteiger partial charge in [0.15, 0.2) is 0 Å². The SMILES string of the molecule is Cl.Cl.c1cnc([C@@H]2CCCNC2)cn1. The zero-order chi connectivity index (χ0) is 8.23. The van der Waals surface area contributed by atoms with Crippen LogP contribution in [0.2, 0.25) is 0 Å². The molecule has 1 aromatic rings. The zero-order valence-corrected chi connectivity index (χ0v) is 9.48. The first-order valence-electron chi connectivity index (χ1n) is 4.43. The predicted molar refractivity (Wildman–Crippen MR) is 61.4 cm³/mol. The van der Waals surface area contributed by atoms with E-state index in [-0.39, 0.29) is 24.8 Å². The number of halogens is 2. The Hall–Kier alpha value is -0.380. The Balaban J connectivity index is 0.000000845. The van der Waals surface area contributed by atoms with Crippen molar-refractivity contribution < 1.29 is 0 Å². The Morgan fingerprint density at radius 3 is 2.71 bits per heavy atom. The molecule has 1 saturated heterocycles. The van der Waals surface area contributed by atoms with Crippen molar-refractivity contribution in [1.29, 1.82) is 0 Å². The van der Waals surface area contributed by atoms with Crippen molar-refractivity contribution in [2.45, 2.75) is 18.8 Å². The van der Waals surface area contributed by atoms with Crippen LogP contribution in [0.3, 0.4) is 0 Å². The quantitative estimate of drug-likeness (QED) is 0.807. The number of piperidine rings is 1. The van der Waals surface area contributed by atoms with Crippen molar-refractivity contribution in [1.82, 2.24) is 15.3 Å².